The van der Waals surface area contributed by atoms with Crippen molar-refractivity contribution in [2.24, 2.45) is 0 Å². The Bertz CT molecular complexity index is 2550. The molecule has 0 saturated carbocycles. The first-order valence-electron chi connectivity index (χ1n) is 16.9. The number of aromatic nitrogens is 2. The molecule has 0 saturated heterocycles. The normalized spacial score (nSPS) is 12.7. The van der Waals surface area contributed by atoms with Gasteiger partial charge in [0.05, 0.1) is 8.07 Å². The minimum Gasteiger partial charge on any atom is -0.319 e. The summed E-state index contributed by atoms with van der Waals surface area (Å²) in [6.45, 7) is 6.93. The molecule has 252 valence electrons. The van der Waals surface area contributed by atoms with Crippen molar-refractivity contribution in [3.05, 3.63) is 169 Å². The summed E-state index contributed by atoms with van der Waals surface area (Å²) < 4.78 is 2.28. The maximum Gasteiger partial charge on any atom is 0.148 e. The van der Waals surface area contributed by atoms with Crippen LogP contribution in [0.2, 0.25) is 13.1 Å². The fraction of sp³-hybridized carbons (Fsp3) is 0.0682. The van der Waals surface area contributed by atoms with Gasteiger partial charge in [0.1, 0.15) is 22.9 Å². The Hall–Kier alpha value is -5.26. The first kappa shape index (κ1) is 32.9. The Balaban J connectivity index is 0.00000374. The Morgan fingerprint density at radius 1 is 0.627 bits per heavy atom. The summed E-state index contributed by atoms with van der Waals surface area (Å²) in [6.07, 6.45) is 1.92. The minimum absolute atomic E-state index is 0. The van der Waals surface area contributed by atoms with E-state index in [4.69, 9.17) is 9.92 Å². The van der Waals surface area contributed by atoms with Crippen LogP contribution in [0.3, 0.4) is 0 Å². The van der Waals surface area contributed by atoms with E-state index in [1.54, 1.807) is 0 Å². The van der Waals surface area contributed by atoms with Crippen molar-refractivity contribution in [3.63, 3.8) is 0 Å². The third kappa shape index (κ3) is 5.60. The van der Waals surface area contributed by atoms with Crippen molar-refractivity contribution in [1.29, 1.82) is 0 Å². The molecule has 9 rings (SSSR count). The maximum absolute atomic E-state index is 5.07. The van der Waals surface area contributed by atoms with Gasteiger partial charge in [0.2, 0.25) is 0 Å². The first-order chi connectivity index (χ1) is 24.5. The Morgan fingerprint density at radius 3 is 2.16 bits per heavy atom. The molecule has 0 atom stereocenters. The van der Waals surface area contributed by atoms with Gasteiger partial charge in [-0.1, -0.05) is 96.5 Å². The van der Waals surface area contributed by atoms with Crippen LogP contribution in [0.25, 0.3) is 38.8 Å². The molecule has 2 aromatic heterocycles. The summed E-state index contributed by atoms with van der Waals surface area (Å²) in [4.78, 5) is 9.99. The van der Waals surface area contributed by atoms with Gasteiger partial charge in [-0.25, -0.2) is 4.98 Å². The van der Waals surface area contributed by atoms with Crippen LogP contribution < -0.4 is 20.5 Å². The van der Waals surface area contributed by atoms with Crippen LogP contribution in [0.4, 0.5) is 22.7 Å². The van der Waals surface area contributed by atoms with Crippen molar-refractivity contribution in [1.82, 2.24) is 9.55 Å². The standard InChI is InChI=1S/C44H34N4OSi.Pt/c1-31-14-7-8-19-37(31)32-26-27-45-44(28-32)46-40-21-10-9-20-38(40)39-25-24-36(30-43(39)46)50(2,3)35-18-13-17-34(29-35)48-42-23-12-11-22-41(42)47(49-48)33-15-5-4-6-16-33;/h4-28H,1-3H3;/q-2;/p+1. The summed E-state index contributed by atoms with van der Waals surface area (Å²) >= 11 is 0. The van der Waals surface area contributed by atoms with Crippen LogP contribution in [0.5, 0.6) is 0 Å². The van der Waals surface area contributed by atoms with Crippen LogP contribution in [-0.4, -0.2) is 22.6 Å². The monoisotopic (exact) mass is 858 g/mol. The van der Waals surface area contributed by atoms with E-state index in [9.17, 15) is 0 Å². The molecule has 5 nitrogen and oxygen atoms in total. The fourth-order valence-corrected chi connectivity index (χ4v) is 9.31. The summed E-state index contributed by atoms with van der Waals surface area (Å²) in [5, 5.41) is 8.78. The Morgan fingerprint density at radius 2 is 1.33 bits per heavy atom. The molecule has 0 aliphatic carbocycles. The number of benzene rings is 6. The van der Waals surface area contributed by atoms with Crippen molar-refractivity contribution in [2.45, 2.75) is 20.0 Å². The second-order valence-electron chi connectivity index (χ2n) is 13.3. The molecule has 1 N–H and O–H groups in total. The second kappa shape index (κ2) is 13.1. The molecule has 0 spiro atoms. The largest absolute Gasteiger partial charge is 0.319 e. The van der Waals surface area contributed by atoms with Crippen LogP contribution in [0, 0.1) is 19.1 Å². The van der Waals surface area contributed by atoms with Crippen LogP contribution >= 0.6 is 0 Å². The van der Waals surface area contributed by atoms with Crippen LogP contribution in [-0.2, 0) is 21.1 Å². The summed E-state index contributed by atoms with van der Waals surface area (Å²) in [5.41, 5.74) is 9.77. The average molecular weight is 859 g/mol. The molecule has 7 heteroatoms. The number of pyridine rings is 1. The molecular weight excluding hydrogens is 824 g/mol. The van der Waals surface area contributed by atoms with Crippen molar-refractivity contribution in [3.8, 4) is 16.9 Å². The van der Waals surface area contributed by atoms with Crippen molar-refractivity contribution >= 4 is 63.0 Å². The quantitative estimate of drug-likeness (QED) is 0.0951. The van der Waals surface area contributed by atoms with E-state index in [0.717, 1.165) is 45.2 Å². The van der Waals surface area contributed by atoms with E-state index in [0.29, 0.717) is 0 Å². The number of anilines is 4. The number of fused-ring (bicyclic) bond motifs is 4. The molecule has 8 aromatic rings. The molecule has 0 bridgehead atoms. The van der Waals surface area contributed by atoms with Crippen molar-refractivity contribution < 1.29 is 26.0 Å². The SMILES string of the molecule is Cc1ccccc1-c1ccnc(-n2c3[c-]c([Si](C)(C)c4[c-]c(N5[OH+]N(c6ccccc6)c6ccccc65)ccc4)ccc3c3ccccc32)c1.[Pt]. The van der Waals surface area contributed by atoms with Crippen LogP contribution in [0.15, 0.2) is 152 Å². The summed E-state index contributed by atoms with van der Waals surface area (Å²) in [5.74, 6) is 0.885. The van der Waals surface area contributed by atoms with Gasteiger partial charge in [-0.2, -0.15) is 51.7 Å². The van der Waals surface area contributed by atoms with Gasteiger partial charge >= 0.3 is 0 Å². The van der Waals surface area contributed by atoms with Gasteiger partial charge in [0.25, 0.3) is 0 Å². The molecule has 0 unspecified atom stereocenters. The zero-order valence-electron chi connectivity index (χ0n) is 28.5. The molecule has 3 heterocycles. The third-order valence-corrected chi connectivity index (χ3v) is 13.2. The number of nitrogens with zero attached hydrogens (tertiary/aromatic N) is 4. The average Bonchev–Trinajstić information content (AvgIpc) is 3.72. The Labute approximate surface area is 313 Å². The molecule has 6 aromatic carbocycles. The van der Waals surface area contributed by atoms with E-state index in [1.807, 2.05) is 34.5 Å². The van der Waals surface area contributed by atoms with Crippen molar-refractivity contribution in [2.75, 3.05) is 10.1 Å². The van der Waals surface area contributed by atoms with E-state index in [-0.39, 0.29) is 21.1 Å². The third-order valence-electron chi connectivity index (χ3n) is 9.89. The Kier molecular flexibility index (Phi) is 8.47. The summed E-state index contributed by atoms with van der Waals surface area (Å²) in [7, 11) is -2.30. The predicted molar refractivity (Wildman–Crippen MR) is 209 cm³/mol. The zero-order valence-corrected chi connectivity index (χ0v) is 31.8. The van der Waals surface area contributed by atoms with E-state index in [1.165, 1.54) is 32.3 Å². The summed E-state index contributed by atoms with van der Waals surface area (Å²) in [6, 6.07) is 58.8. The van der Waals surface area contributed by atoms with E-state index in [2.05, 4.69) is 164 Å². The number of hydrogen-bond donors (Lipinski definition) is 0. The topological polar surface area (TPSA) is 37.1 Å². The molecule has 0 radical (unpaired) electrons. The number of rotatable bonds is 6. The zero-order chi connectivity index (χ0) is 33.8. The smallest absolute Gasteiger partial charge is 0.148 e. The first-order valence-corrected chi connectivity index (χ1v) is 19.9. The number of para-hydroxylation sites is 4. The number of aryl methyl sites for hydroxylation is 1. The molecule has 1 aliphatic heterocycles. The van der Waals surface area contributed by atoms with Crippen LogP contribution in [0.1, 0.15) is 5.56 Å². The van der Waals surface area contributed by atoms with E-state index < -0.39 is 8.07 Å². The fourth-order valence-electron chi connectivity index (χ4n) is 7.14. The molecule has 0 fully saturated rings. The van der Waals surface area contributed by atoms with Gasteiger partial charge < -0.3 is 4.57 Å². The van der Waals surface area contributed by atoms with Gasteiger partial charge in [-0.05, 0) is 71.5 Å². The van der Waals surface area contributed by atoms with Gasteiger partial charge in [-0.15, -0.1) is 16.5 Å². The van der Waals surface area contributed by atoms with Gasteiger partial charge in [0.15, 0.2) is 0 Å². The molecule has 1 aliphatic rings. The van der Waals surface area contributed by atoms with Gasteiger partial charge in [0, 0.05) is 38.5 Å². The van der Waals surface area contributed by atoms with Gasteiger partial charge in [-0.3, -0.25) is 0 Å². The number of hydrogen-bond acceptors (Lipinski definition) is 3. The molecule has 51 heavy (non-hydrogen) atoms. The minimum atomic E-state index is -2.30. The maximum atomic E-state index is 5.07. The molecular formula is C44H35N4OPtSi-. The second-order valence-corrected chi connectivity index (χ2v) is 17.6. The molecule has 0 amide bonds. The van der Waals surface area contributed by atoms with E-state index >= 15 is 0 Å². The predicted octanol–water partition coefficient (Wildman–Crippen LogP) is 9.70.